The first-order chi connectivity index (χ1) is 17.8. The number of nitrogens with zero attached hydrogens (tertiary/aromatic N) is 1. The first kappa shape index (κ1) is 24.9. The highest BCUT2D eigenvalue weighted by atomic mass is 15.1. The topological polar surface area (TPSA) is 3.24 Å². The summed E-state index contributed by atoms with van der Waals surface area (Å²) in [6.07, 6.45) is 3.70. The van der Waals surface area contributed by atoms with Crippen molar-refractivity contribution in [3.63, 3.8) is 0 Å². The third kappa shape index (κ3) is 4.69. The van der Waals surface area contributed by atoms with Crippen molar-refractivity contribution in [2.24, 2.45) is 17.8 Å². The predicted octanol–water partition coefficient (Wildman–Crippen LogP) is 8.78. The van der Waals surface area contributed by atoms with Crippen LogP contribution < -0.4 is 0 Å². The molecule has 0 radical (unpaired) electrons. The van der Waals surface area contributed by atoms with Gasteiger partial charge in [0.25, 0.3) is 0 Å². The molecule has 0 saturated heterocycles. The van der Waals surface area contributed by atoms with Gasteiger partial charge >= 0.3 is 0 Å². The highest BCUT2D eigenvalue weighted by Gasteiger charge is 2.28. The van der Waals surface area contributed by atoms with Crippen molar-refractivity contribution >= 4 is 0 Å². The number of rotatable bonds is 6. The van der Waals surface area contributed by atoms with E-state index in [1.54, 1.807) is 33.4 Å². The van der Waals surface area contributed by atoms with E-state index in [0.29, 0.717) is 17.8 Å². The van der Waals surface area contributed by atoms with Gasteiger partial charge in [-0.1, -0.05) is 96.1 Å². The van der Waals surface area contributed by atoms with E-state index in [1.807, 2.05) is 0 Å². The third-order valence-electron chi connectivity index (χ3n) is 10.5. The molecule has 0 spiro atoms. The summed E-state index contributed by atoms with van der Waals surface area (Å²) in [4.78, 5) is 2.68. The monoisotopic (exact) mass is 491 g/mol. The van der Waals surface area contributed by atoms with Crippen LogP contribution in [0.5, 0.6) is 0 Å². The fourth-order valence-corrected chi connectivity index (χ4v) is 7.52. The van der Waals surface area contributed by atoms with Crippen molar-refractivity contribution < 1.29 is 0 Å². The minimum Gasteiger partial charge on any atom is -0.291 e. The van der Waals surface area contributed by atoms with E-state index in [-0.39, 0.29) is 0 Å². The van der Waals surface area contributed by atoms with Gasteiger partial charge in [-0.25, -0.2) is 0 Å². The van der Waals surface area contributed by atoms with Crippen LogP contribution in [0.15, 0.2) is 54.6 Å². The van der Waals surface area contributed by atoms with Crippen molar-refractivity contribution in [1.82, 2.24) is 4.90 Å². The van der Waals surface area contributed by atoms with Crippen LogP contribution >= 0.6 is 0 Å². The highest BCUT2D eigenvalue weighted by molar-refractivity contribution is 5.41. The van der Waals surface area contributed by atoms with Crippen LogP contribution in [0.3, 0.4) is 0 Å². The minimum atomic E-state index is 0.671. The highest BCUT2D eigenvalue weighted by Crippen LogP contribution is 2.40. The summed E-state index contributed by atoms with van der Waals surface area (Å²) in [7, 11) is 0. The van der Waals surface area contributed by atoms with E-state index in [2.05, 4.69) is 101 Å². The van der Waals surface area contributed by atoms with Crippen molar-refractivity contribution in [3.8, 4) is 0 Å². The quantitative estimate of drug-likeness (QED) is 0.333. The predicted molar refractivity (Wildman–Crippen MR) is 156 cm³/mol. The van der Waals surface area contributed by atoms with Gasteiger partial charge in [0.15, 0.2) is 0 Å². The molecule has 1 heteroatoms. The Kier molecular flexibility index (Phi) is 6.56. The van der Waals surface area contributed by atoms with Gasteiger partial charge in [0.05, 0.1) is 0 Å². The third-order valence-corrected chi connectivity index (χ3v) is 10.5. The summed E-state index contributed by atoms with van der Waals surface area (Å²) in [5.74, 6) is 4.30. The normalized spacial score (nSPS) is 28.0. The van der Waals surface area contributed by atoms with E-state index >= 15 is 0 Å². The van der Waals surface area contributed by atoms with E-state index < -0.39 is 0 Å². The lowest BCUT2D eigenvalue weighted by Crippen LogP contribution is -2.23. The van der Waals surface area contributed by atoms with E-state index in [9.17, 15) is 0 Å². The first-order valence-corrected chi connectivity index (χ1v) is 14.8. The molecule has 0 fully saturated rings. The number of benzene rings is 3. The second-order valence-corrected chi connectivity index (χ2v) is 13.2. The Labute approximate surface area is 225 Å². The molecule has 194 valence electrons. The Bertz CT molecular complexity index is 1230. The standard InChI is InChI=1S/C36H45N/c1-22-13-31-10-7-29(17-35(31)26(22)5)20-37(19-28-9-12-34-25(4)24(3)15-33(34)16-28)21-30-8-11-32-14-23(2)27(6)36(32)18-30/h7-12,16-18,22-27H,13-15,19-21H2,1-6H3/t22-,23+,24-,25-,26-,27+/m0/s1. The van der Waals surface area contributed by atoms with Gasteiger partial charge in [0, 0.05) is 19.6 Å². The molecule has 0 bridgehead atoms. The number of hydrogen-bond acceptors (Lipinski definition) is 1. The van der Waals surface area contributed by atoms with Crippen LogP contribution in [0.1, 0.15) is 109 Å². The molecular formula is C36H45N. The lowest BCUT2D eigenvalue weighted by molar-refractivity contribution is 0.247. The zero-order chi connectivity index (χ0) is 25.8. The van der Waals surface area contributed by atoms with Crippen molar-refractivity contribution in [2.75, 3.05) is 0 Å². The molecule has 0 saturated carbocycles. The summed E-state index contributed by atoms with van der Waals surface area (Å²) in [5, 5.41) is 0. The smallest absolute Gasteiger partial charge is 0.0240 e. The average Bonchev–Trinajstić information content (AvgIpc) is 3.44. The fraction of sp³-hybridized carbons (Fsp3) is 0.500. The average molecular weight is 492 g/mol. The molecule has 0 heterocycles. The summed E-state index contributed by atoms with van der Waals surface area (Å²) >= 11 is 0. The van der Waals surface area contributed by atoms with Crippen LogP contribution in [0.2, 0.25) is 0 Å². The molecule has 3 aromatic rings. The van der Waals surface area contributed by atoms with Gasteiger partial charge < -0.3 is 0 Å². The van der Waals surface area contributed by atoms with Crippen molar-refractivity contribution in [1.29, 1.82) is 0 Å². The molecule has 0 aliphatic heterocycles. The zero-order valence-electron chi connectivity index (χ0n) is 23.9. The molecule has 1 nitrogen and oxygen atoms in total. The molecular weight excluding hydrogens is 446 g/mol. The largest absolute Gasteiger partial charge is 0.291 e. The Morgan fingerprint density at radius 3 is 1.41 bits per heavy atom. The maximum Gasteiger partial charge on any atom is 0.0240 e. The van der Waals surface area contributed by atoms with E-state index in [1.165, 1.54) is 36.0 Å². The lowest BCUT2D eigenvalue weighted by atomic mass is 9.95. The Balaban J connectivity index is 1.28. The maximum atomic E-state index is 2.68. The summed E-state index contributed by atoms with van der Waals surface area (Å²) in [6.45, 7) is 17.4. The molecule has 0 N–H and O–H groups in total. The van der Waals surface area contributed by atoms with Crippen molar-refractivity contribution in [2.45, 2.75) is 98.2 Å². The van der Waals surface area contributed by atoms with Gasteiger partial charge in [-0.2, -0.15) is 0 Å². The molecule has 37 heavy (non-hydrogen) atoms. The summed E-state index contributed by atoms with van der Waals surface area (Å²) in [5.41, 5.74) is 13.9. The molecule has 0 amide bonds. The van der Waals surface area contributed by atoms with Crippen LogP contribution in [-0.2, 0) is 38.9 Å². The van der Waals surface area contributed by atoms with Crippen LogP contribution in [-0.4, -0.2) is 4.90 Å². The Morgan fingerprint density at radius 2 is 0.892 bits per heavy atom. The maximum absolute atomic E-state index is 2.68. The molecule has 6 rings (SSSR count). The molecule has 6 atom stereocenters. The van der Waals surface area contributed by atoms with Crippen LogP contribution in [0, 0.1) is 17.8 Å². The molecule has 0 unspecified atom stereocenters. The van der Waals surface area contributed by atoms with Gasteiger partial charge in [-0.3, -0.25) is 4.90 Å². The minimum absolute atomic E-state index is 0.671. The Hall–Kier alpha value is -2.38. The summed E-state index contributed by atoms with van der Waals surface area (Å²) < 4.78 is 0. The summed E-state index contributed by atoms with van der Waals surface area (Å²) in [6, 6.07) is 22.0. The molecule has 3 aliphatic rings. The molecule has 0 aromatic heterocycles. The van der Waals surface area contributed by atoms with Gasteiger partial charge in [0.1, 0.15) is 0 Å². The van der Waals surface area contributed by atoms with Gasteiger partial charge in [0.2, 0.25) is 0 Å². The van der Waals surface area contributed by atoms with Crippen LogP contribution in [0.25, 0.3) is 0 Å². The fourth-order valence-electron chi connectivity index (χ4n) is 7.52. The first-order valence-electron chi connectivity index (χ1n) is 14.8. The van der Waals surface area contributed by atoms with Gasteiger partial charge in [-0.05, 0) is 105 Å². The second-order valence-electron chi connectivity index (χ2n) is 13.2. The van der Waals surface area contributed by atoms with E-state index in [4.69, 9.17) is 0 Å². The van der Waals surface area contributed by atoms with E-state index in [0.717, 1.165) is 37.4 Å². The SMILES string of the molecule is C[C@@H]1Cc2ccc(CN(Cc3ccc4c(c3)C[C@H](C)[C@@H]4C)Cc3ccc4c(c3)[C@@H](C)[C@@H](C)C4)cc2[C@@H]1C. The van der Waals surface area contributed by atoms with Gasteiger partial charge in [-0.15, -0.1) is 0 Å². The van der Waals surface area contributed by atoms with Crippen molar-refractivity contribution in [3.05, 3.63) is 105 Å². The number of hydrogen-bond donors (Lipinski definition) is 0. The zero-order valence-corrected chi connectivity index (χ0v) is 23.9. The second kappa shape index (κ2) is 9.73. The van der Waals surface area contributed by atoms with Crippen LogP contribution in [0.4, 0.5) is 0 Å². The lowest BCUT2D eigenvalue weighted by Gasteiger charge is -2.24. The Morgan fingerprint density at radius 1 is 0.486 bits per heavy atom. The molecule has 3 aliphatic carbocycles. The number of fused-ring (bicyclic) bond motifs is 3. The molecule has 3 aromatic carbocycles.